The minimum Gasteiger partial charge on any atom is -0.496 e. The SMILES string of the molecule is CCc1nnc2ccc(-c3n[nH]c4ccc(C(=O)N[C@@H]5CCCN(Cc6c(F)cccc6OC)C5)cc34)cn12. The Bertz CT molecular complexity index is 1660. The number of carbonyl (C=O) groups is 1. The molecule has 200 valence electrons. The van der Waals surface area contributed by atoms with Gasteiger partial charge in [0.2, 0.25) is 0 Å². The lowest BCUT2D eigenvalue weighted by atomic mass is 10.0. The van der Waals surface area contributed by atoms with Crippen molar-refractivity contribution in [3.63, 3.8) is 0 Å². The van der Waals surface area contributed by atoms with Crippen LogP contribution in [0.4, 0.5) is 4.39 Å². The van der Waals surface area contributed by atoms with Crippen molar-refractivity contribution in [2.75, 3.05) is 20.2 Å². The van der Waals surface area contributed by atoms with Crippen molar-refractivity contribution in [2.24, 2.45) is 0 Å². The molecule has 4 heterocycles. The van der Waals surface area contributed by atoms with E-state index >= 15 is 0 Å². The van der Waals surface area contributed by atoms with E-state index in [4.69, 9.17) is 4.74 Å². The van der Waals surface area contributed by atoms with E-state index in [-0.39, 0.29) is 17.8 Å². The molecule has 9 nitrogen and oxygen atoms in total. The van der Waals surface area contributed by atoms with Crippen molar-refractivity contribution in [3.8, 4) is 17.0 Å². The molecule has 0 radical (unpaired) electrons. The van der Waals surface area contributed by atoms with Crippen molar-refractivity contribution in [2.45, 2.75) is 38.8 Å². The van der Waals surface area contributed by atoms with Crippen LogP contribution in [0.5, 0.6) is 5.75 Å². The number of hydrogen-bond acceptors (Lipinski definition) is 6. The molecule has 1 fully saturated rings. The number of fused-ring (bicyclic) bond motifs is 2. The van der Waals surface area contributed by atoms with Crippen LogP contribution in [0.15, 0.2) is 54.7 Å². The highest BCUT2D eigenvalue weighted by molar-refractivity contribution is 6.01. The fourth-order valence-electron chi connectivity index (χ4n) is 5.39. The molecule has 0 bridgehead atoms. The molecule has 5 aromatic rings. The molecule has 6 rings (SSSR count). The molecule has 1 amide bonds. The maximum atomic E-state index is 14.5. The molecule has 0 spiro atoms. The lowest BCUT2D eigenvalue weighted by Gasteiger charge is -2.33. The number of amides is 1. The lowest BCUT2D eigenvalue weighted by Crippen LogP contribution is -2.47. The van der Waals surface area contributed by atoms with Gasteiger partial charge in [0.1, 0.15) is 23.1 Å². The van der Waals surface area contributed by atoms with E-state index in [1.54, 1.807) is 19.2 Å². The quantitative estimate of drug-likeness (QED) is 0.326. The zero-order valence-electron chi connectivity index (χ0n) is 21.9. The third-order valence-corrected chi connectivity index (χ3v) is 7.41. The van der Waals surface area contributed by atoms with Crippen LogP contribution in [0.25, 0.3) is 27.8 Å². The molecule has 3 aromatic heterocycles. The maximum absolute atomic E-state index is 14.5. The number of likely N-dealkylation sites (tertiary alicyclic amines) is 1. The number of hydrogen-bond donors (Lipinski definition) is 2. The number of nitrogens with zero attached hydrogens (tertiary/aromatic N) is 5. The summed E-state index contributed by atoms with van der Waals surface area (Å²) >= 11 is 0. The summed E-state index contributed by atoms with van der Waals surface area (Å²) in [4.78, 5) is 15.5. The second kappa shape index (κ2) is 10.5. The summed E-state index contributed by atoms with van der Waals surface area (Å²) in [6, 6.07) is 14.3. The van der Waals surface area contributed by atoms with Crippen LogP contribution in [0.2, 0.25) is 0 Å². The second-order valence-corrected chi connectivity index (χ2v) is 9.92. The largest absolute Gasteiger partial charge is 0.496 e. The Kier molecular flexibility index (Phi) is 6.70. The Balaban J connectivity index is 1.20. The molecule has 2 aromatic carbocycles. The number of halogens is 1. The number of nitrogens with one attached hydrogen (secondary N) is 2. The summed E-state index contributed by atoms with van der Waals surface area (Å²) in [5.41, 5.74) is 4.42. The van der Waals surface area contributed by atoms with E-state index in [1.807, 2.05) is 47.9 Å². The van der Waals surface area contributed by atoms with Crippen molar-refractivity contribution < 1.29 is 13.9 Å². The number of piperidine rings is 1. The average Bonchev–Trinajstić information content (AvgIpc) is 3.57. The Hall–Kier alpha value is -4.31. The minimum atomic E-state index is -0.279. The predicted octanol–water partition coefficient (Wildman–Crippen LogP) is 4.38. The van der Waals surface area contributed by atoms with Gasteiger partial charge in [-0.05, 0) is 61.9 Å². The van der Waals surface area contributed by atoms with Crippen LogP contribution >= 0.6 is 0 Å². The number of H-pyrrole nitrogens is 1. The fraction of sp³-hybridized carbons (Fsp3) is 0.310. The van der Waals surface area contributed by atoms with Gasteiger partial charge in [-0.3, -0.25) is 19.2 Å². The highest BCUT2D eigenvalue weighted by Gasteiger charge is 2.24. The van der Waals surface area contributed by atoms with Gasteiger partial charge in [0.05, 0.1) is 12.6 Å². The lowest BCUT2D eigenvalue weighted by molar-refractivity contribution is 0.0899. The fourth-order valence-corrected chi connectivity index (χ4v) is 5.39. The number of benzene rings is 2. The summed E-state index contributed by atoms with van der Waals surface area (Å²) in [6.07, 6.45) is 4.53. The van der Waals surface area contributed by atoms with Crippen molar-refractivity contribution >= 4 is 22.5 Å². The van der Waals surface area contributed by atoms with Gasteiger partial charge in [-0.2, -0.15) is 5.10 Å². The number of aromatic nitrogens is 5. The van der Waals surface area contributed by atoms with Gasteiger partial charge in [0.25, 0.3) is 5.91 Å². The van der Waals surface area contributed by atoms with E-state index in [9.17, 15) is 9.18 Å². The van der Waals surface area contributed by atoms with E-state index in [1.165, 1.54) is 6.07 Å². The highest BCUT2D eigenvalue weighted by Crippen LogP contribution is 2.28. The molecule has 1 saturated heterocycles. The first-order chi connectivity index (χ1) is 19.0. The molecule has 2 N–H and O–H groups in total. The number of pyridine rings is 1. The summed E-state index contributed by atoms with van der Waals surface area (Å²) in [6.45, 7) is 3.95. The number of aryl methyl sites for hydroxylation is 1. The number of carbonyl (C=O) groups excluding carboxylic acids is 1. The molecule has 10 heteroatoms. The molecule has 1 aliphatic heterocycles. The van der Waals surface area contributed by atoms with Crippen molar-refractivity contribution in [1.82, 2.24) is 35.0 Å². The topological polar surface area (TPSA) is 100 Å². The third kappa shape index (κ3) is 4.83. The summed E-state index contributed by atoms with van der Waals surface area (Å²) in [5, 5.41) is 20.1. The number of aromatic amines is 1. The van der Waals surface area contributed by atoms with E-state index in [0.717, 1.165) is 59.4 Å². The Morgan fingerprint density at radius 2 is 2.10 bits per heavy atom. The van der Waals surface area contributed by atoms with Gasteiger partial charge in [-0.1, -0.05) is 13.0 Å². The minimum absolute atomic E-state index is 0.0350. The Morgan fingerprint density at radius 1 is 1.21 bits per heavy atom. The number of ether oxygens (including phenoxy) is 1. The normalized spacial score (nSPS) is 16.1. The van der Waals surface area contributed by atoms with Gasteiger partial charge in [-0.25, -0.2) is 4.39 Å². The van der Waals surface area contributed by atoms with Gasteiger partial charge in [0.15, 0.2) is 5.65 Å². The third-order valence-electron chi connectivity index (χ3n) is 7.41. The van der Waals surface area contributed by atoms with Gasteiger partial charge in [0, 0.05) is 53.8 Å². The zero-order chi connectivity index (χ0) is 26.9. The summed E-state index contributed by atoms with van der Waals surface area (Å²) < 4.78 is 21.8. The van der Waals surface area contributed by atoms with Crippen LogP contribution < -0.4 is 10.1 Å². The van der Waals surface area contributed by atoms with E-state index < -0.39 is 0 Å². The molecule has 0 unspecified atom stereocenters. The first kappa shape index (κ1) is 25.0. The van der Waals surface area contributed by atoms with Crippen LogP contribution in [-0.4, -0.2) is 61.8 Å². The van der Waals surface area contributed by atoms with Crippen LogP contribution in [0, 0.1) is 5.82 Å². The molecule has 0 aliphatic carbocycles. The summed E-state index contributed by atoms with van der Waals surface area (Å²) in [5.74, 6) is 1.00. The highest BCUT2D eigenvalue weighted by atomic mass is 19.1. The summed E-state index contributed by atoms with van der Waals surface area (Å²) in [7, 11) is 1.55. The van der Waals surface area contributed by atoms with Gasteiger partial charge in [-0.15, -0.1) is 10.2 Å². The van der Waals surface area contributed by atoms with E-state index in [2.05, 4.69) is 30.6 Å². The molecular weight excluding hydrogens is 497 g/mol. The standard InChI is InChI=1S/C29H30FN7O2/c1-3-26-33-34-27-12-10-19(15-37(26)27)28-21-14-18(9-11-24(21)32-35-28)29(38)31-20-6-5-13-36(16-20)17-22-23(30)7-4-8-25(22)39-2/h4,7-12,14-15,20H,3,5-6,13,16-17H2,1-2H3,(H,31,38)(H,32,35)/t20-/m1/s1. The number of methoxy groups -OCH3 is 1. The Morgan fingerprint density at radius 3 is 2.95 bits per heavy atom. The van der Waals surface area contributed by atoms with Gasteiger partial charge >= 0.3 is 0 Å². The van der Waals surface area contributed by atoms with Crippen molar-refractivity contribution in [1.29, 1.82) is 0 Å². The average molecular weight is 528 g/mol. The zero-order valence-corrected chi connectivity index (χ0v) is 21.9. The van der Waals surface area contributed by atoms with Crippen LogP contribution in [0.1, 0.15) is 41.5 Å². The van der Waals surface area contributed by atoms with Crippen LogP contribution in [-0.2, 0) is 13.0 Å². The first-order valence-corrected chi connectivity index (χ1v) is 13.2. The van der Waals surface area contributed by atoms with Gasteiger partial charge < -0.3 is 10.1 Å². The number of rotatable bonds is 7. The van der Waals surface area contributed by atoms with Crippen molar-refractivity contribution in [3.05, 3.63) is 77.5 Å². The molecule has 0 saturated carbocycles. The maximum Gasteiger partial charge on any atom is 0.251 e. The Labute approximate surface area is 225 Å². The van der Waals surface area contributed by atoms with E-state index in [0.29, 0.717) is 30.0 Å². The second-order valence-electron chi connectivity index (χ2n) is 9.92. The molecule has 1 aliphatic rings. The van der Waals surface area contributed by atoms with Crippen LogP contribution in [0.3, 0.4) is 0 Å². The monoisotopic (exact) mass is 527 g/mol. The predicted molar refractivity (Wildman–Crippen MR) is 146 cm³/mol. The first-order valence-electron chi connectivity index (χ1n) is 13.2. The molecule has 1 atom stereocenters. The smallest absolute Gasteiger partial charge is 0.251 e. The molecular formula is C29H30FN7O2. The molecule has 39 heavy (non-hydrogen) atoms.